The fraction of sp³-hybridized carbons (Fsp3) is 0.364. The van der Waals surface area contributed by atoms with Gasteiger partial charge in [-0.25, -0.2) is 0 Å². The average Bonchev–Trinajstić information content (AvgIpc) is 2.69. The van der Waals surface area contributed by atoms with Crippen molar-refractivity contribution in [3.63, 3.8) is 0 Å². The van der Waals surface area contributed by atoms with Gasteiger partial charge < -0.3 is 0 Å². The van der Waals surface area contributed by atoms with E-state index >= 15 is 0 Å². The lowest BCUT2D eigenvalue weighted by atomic mass is 10.1. The highest BCUT2D eigenvalue weighted by atomic mass is 35.5. The second-order valence-corrected chi connectivity index (χ2v) is 5.12. The molecule has 1 aliphatic heterocycles. The maximum absolute atomic E-state index is 11.9. The molecule has 1 nitrogen and oxygen atoms in total. The van der Waals surface area contributed by atoms with Crippen molar-refractivity contribution < 1.29 is 4.79 Å². The monoisotopic (exact) mass is 226 g/mol. The molecule has 2 rings (SSSR count). The molecular weight excluding hydrogens is 216 g/mol. The zero-order valence-electron chi connectivity index (χ0n) is 7.70. The van der Waals surface area contributed by atoms with Crippen molar-refractivity contribution in [1.82, 2.24) is 0 Å². The third kappa shape index (κ3) is 2.12. The molecule has 0 aromatic heterocycles. The highest BCUT2D eigenvalue weighted by Gasteiger charge is 2.24. The topological polar surface area (TPSA) is 17.1 Å². The van der Waals surface area contributed by atoms with Crippen LogP contribution in [0.4, 0.5) is 0 Å². The maximum Gasteiger partial charge on any atom is 0.175 e. The first kappa shape index (κ1) is 10.1. The first-order chi connectivity index (χ1) is 6.77. The first-order valence-corrected chi connectivity index (χ1v) is 6.11. The molecule has 1 unspecified atom stereocenters. The molecule has 3 heteroatoms. The molecule has 1 aromatic carbocycles. The number of benzene rings is 1. The molecular formula is C11H11ClOS. The van der Waals surface area contributed by atoms with Crippen LogP contribution in [0.25, 0.3) is 0 Å². The van der Waals surface area contributed by atoms with E-state index in [9.17, 15) is 4.79 Å². The van der Waals surface area contributed by atoms with Crippen LogP contribution in [-0.4, -0.2) is 16.8 Å². The Kier molecular flexibility index (Phi) is 3.14. The lowest BCUT2D eigenvalue weighted by Crippen LogP contribution is -2.13. The summed E-state index contributed by atoms with van der Waals surface area (Å²) in [6.07, 6.45) is 2.16. The molecule has 0 N–H and O–H groups in total. The zero-order chi connectivity index (χ0) is 9.97. The van der Waals surface area contributed by atoms with Crippen molar-refractivity contribution in [1.29, 1.82) is 0 Å². The van der Waals surface area contributed by atoms with Crippen LogP contribution in [0.5, 0.6) is 0 Å². The van der Waals surface area contributed by atoms with Gasteiger partial charge in [-0.2, -0.15) is 11.8 Å². The molecule has 0 aliphatic carbocycles. The Morgan fingerprint density at radius 2 is 2.36 bits per heavy atom. The Morgan fingerprint density at radius 1 is 1.50 bits per heavy atom. The van der Waals surface area contributed by atoms with Crippen LogP contribution in [0.1, 0.15) is 23.2 Å². The van der Waals surface area contributed by atoms with Crippen LogP contribution in [0, 0.1) is 0 Å². The van der Waals surface area contributed by atoms with Gasteiger partial charge in [-0.1, -0.05) is 23.7 Å². The molecule has 74 valence electrons. The van der Waals surface area contributed by atoms with Crippen molar-refractivity contribution in [2.24, 2.45) is 0 Å². The lowest BCUT2D eigenvalue weighted by molar-refractivity contribution is 0.0988. The number of carbonyl (C=O) groups excluding carboxylic acids is 1. The van der Waals surface area contributed by atoms with Crippen molar-refractivity contribution in [3.8, 4) is 0 Å². The minimum Gasteiger partial charge on any atom is -0.293 e. The Bertz CT molecular complexity index is 345. The fourth-order valence-electron chi connectivity index (χ4n) is 1.61. The van der Waals surface area contributed by atoms with Crippen LogP contribution in [0.3, 0.4) is 0 Å². The smallest absolute Gasteiger partial charge is 0.175 e. The van der Waals surface area contributed by atoms with E-state index in [0.717, 1.165) is 24.2 Å². The van der Waals surface area contributed by atoms with E-state index in [2.05, 4.69) is 0 Å². The third-order valence-electron chi connectivity index (χ3n) is 2.33. The van der Waals surface area contributed by atoms with Gasteiger partial charge >= 0.3 is 0 Å². The van der Waals surface area contributed by atoms with Crippen LogP contribution < -0.4 is 0 Å². The molecule has 14 heavy (non-hydrogen) atoms. The largest absolute Gasteiger partial charge is 0.293 e. The molecule has 1 saturated heterocycles. The average molecular weight is 227 g/mol. The quantitative estimate of drug-likeness (QED) is 0.719. The summed E-state index contributed by atoms with van der Waals surface area (Å²) in [6, 6.07) is 7.21. The number of halogens is 1. The van der Waals surface area contributed by atoms with Gasteiger partial charge in [-0.3, -0.25) is 4.79 Å². The van der Waals surface area contributed by atoms with Gasteiger partial charge in [-0.15, -0.1) is 0 Å². The molecule has 1 heterocycles. The van der Waals surface area contributed by atoms with Crippen molar-refractivity contribution in [2.45, 2.75) is 18.1 Å². The van der Waals surface area contributed by atoms with Gasteiger partial charge in [-0.05, 0) is 30.7 Å². The number of hydrogen-bond donors (Lipinski definition) is 0. The van der Waals surface area contributed by atoms with Gasteiger partial charge in [0.05, 0.1) is 5.25 Å². The van der Waals surface area contributed by atoms with Gasteiger partial charge in [0.15, 0.2) is 5.78 Å². The summed E-state index contributed by atoms with van der Waals surface area (Å²) >= 11 is 7.60. The molecule has 0 spiro atoms. The van der Waals surface area contributed by atoms with Crippen LogP contribution in [0.2, 0.25) is 5.02 Å². The number of thioether (sulfide) groups is 1. The summed E-state index contributed by atoms with van der Waals surface area (Å²) in [5.74, 6) is 1.34. The van der Waals surface area contributed by atoms with E-state index in [1.165, 1.54) is 0 Å². The zero-order valence-corrected chi connectivity index (χ0v) is 9.27. The predicted octanol–water partition coefficient (Wildman–Crippen LogP) is 3.42. The Labute approximate surface area is 92.8 Å². The van der Waals surface area contributed by atoms with Crippen LogP contribution in [0.15, 0.2) is 24.3 Å². The summed E-state index contributed by atoms with van der Waals surface area (Å²) in [7, 11) is 0. The van der Waals surface area contributed by atoms with Crippen molar-refractivity contribution >= 4 is 29.1 Å². The highest BCUT2D eigenvalue weighted by molar-refractivity contribution is 8.00. The number of carbonyl (C=O) groups is 1. The summed E-state index contributed by atoms with van der Waals surface area (Å²) in [4.78, 5) is 11.9. The second kappa shape index (κ2) is 4.37. The lowest BCUT2D eigenvalue weighted by Gasteiger charge is -2.06. The van der Waals surface area contributed by atoms with E-state index in [1.807, 2.05) is 12.1 Å². The molecule has 0 radical (unpaired) electrons. The third-order valence-corrected chi connectivity index (χ3v) is 3.94. The highest BCUT2D eigenvalue weighted by Crippen LogP contribution is 2.29. The molecule has 0 amide bonds. The van der Waals surface area contributed by atoms with Crippen molar-refractivity contribution in [2.75, 3.05) is 5.75 Å². The predicted molar refractivity (Wildman–Crippen MR) is 61.3 cm³/mol. The van der Waals surface area contributed by atoms with E-state index in [-0.39, 0.29) is 11.0 Å². The molecule has 1 aliphatic rings. The molecule has 1 aromatic rings. The van der Waals surface area contributed by atoms with Crippen LogP contribution >= 0.6 is 23.4 Å². The summed E-state index contributed by atoms with van der Waals surface area (Å²) in [5.41, 5.74) is 0.747. The minimum atomic E-state index is 0.161. The van der Waals surface area contributed by atoms with Gasteiger partial charge in [0.25, 0.3) is 0 Å². The van der Waals surface area contributed by atoms with Crippen molar-refractivity contribution in [3.05, 3.63) is 34.9 Å². The Hall–Kier alpha value is -0.470. The van der Waals surface area contributed by atoms with E-state index in [1.54, 1.807) is 23.9 Å². The summed E-state index contributed by atoms with van der Waals surface area (Å²) in [5, 5.41) is 0.798. The van der Waals surface area contributed by atoms with Gasteiger partial charge in [0.2, 0.25) is 0 Å². The Balaban J connectivity index is 2.17. The van der Waals surface area contributed by atoms with E-state index in [4.69, 9.17) is 11.6 Å². The van der Waals surface area contributed by atoms with Gasteiger partial charge in [0, 0.05) is 10.6 Å². The summed E-state index contributed by atoms with van der Waals surface area (Å²) in [6.45, 7) is 0. The summed E-state index contributed by atoms with van der Waals surface area (Å²) < 4.78 is 0. The first-order valence-electron chi connectivity index (χ1n) is 4.69. The number of ketones is 1. The molecule has 1 atom stereocenters. The second-order valence-electron chi connectivity index (χ2n) is 3.38. The van der Waals surface area contributed by atoms with E-state index < -0.39 is 0 Å². The number of hydrogen-bond acceptors (Lipinski definition) is 2. The molecule has 0 saturated carbocycles. The molecule has 1 fully saturated rings. The van der Waals surface area contributed by atoms with E-state index in [0.29, 0.717) is 5.02 Å². The normalized spacial score (nSPS) is 21.1. The standard InChI is InChI=1S/C11H11ClOS/c12-9-4-1-3-8(7-9)11(13)10-5-2-6-14-10/h1,3-4,7,10H,2,5-6H2. The minimum absolute atomic E-state index is 0.161. The molecule has 0 bridgehead atoms. The SMILES string of the molecule is O=C(c1cccc(Cl)c1)C1CCCS1. The Morgan fingerprint density at radius 3 is 3.00 bits per heavy atom. The van der Waals surface area contributed by atoms with Gasteiger partial charge in [0.1, 0.15) is 0 Å². The fourth-order valence-corrected chi connectivity index (χ4v) is 3.04. The maximum atomic E-state index is 11.9. The number of Topliss-reactive ketones (excluding diaryl/α,β-unsaturated/α-hetero) is 1. The van der Waals surface area contributed by atoms with Crippen LogP contribution in [-0.2, 0) is 0 Å². The number of rotatable bonds is 2.